The molecule has 2 N–H and O–H groups in total. The SMILES string of the molecule is Cc1c(C(=O)NCCCN(C)C)sc2ncnc(Nc3cccnc3OC3CCOCC3)c12. The van der Waals surface area contributed by atoms with E-state index in [1.165, 1.54) is 17.7 Å². The molecule has 9 nitrogen and oxygen atoms in total. The number of hydrogen-bond acceptors (Lipinski definition) is 9. The molecular formula is C23H30N6O3S. The number of ether oxygens (including phenoxy) is 2. The number of thiophene rings is 1. The number of nitrogens with zero attached hydrogens (tertiary/aromatic N) is 4. The number of fused-ring (bicyclic) bond motifs is 1. The lowest BCUT2D eigenvalue weighted by Crippen LogP contribution is -2.26. The van der Waals surface area contributed by atoms with Crippen LogP contribution in [0, 0.1) is 6.92 Å². The van der Waals surface area contributed by atoms with Crippen LogP contribution in [0.4, 0.5) is 11.5 Å². The summed E-state index contributed by atoms with van der Waals surface area (Å²) < 4.78 is 11.6. The van der Waals surface area contributed by atoms with Crippen LogP contribution in [0.5, 0.6) is 5.88 Å². The molecule has 0 atom stereocenters. The fourth-order valence-corrected chi connectivity index (χ4v) is 4.78. The fourth-order valence-electron chi connectivity index (χ4n) is 3.72. The number of carbonyl (C=O) groups is 1. The molecule has 1 fully saturated rings. The normalized spacial score (nSPS) is 14.5. The van der Waals surface area contributed by atoms with Gasteiger partial charge in [-0.3, -0.25) is 4.79 Å². The van der Waals surface area contributed by atoms with Gasteiger partial charge in [-0.15, -0.1) is 11.3 Å². The van der Waals surface area contributed by atoms with E-state index in [0.717, 1.165) is 47.3 Å². The number of hydrogen-bond donors (Lipinski definition) is 2. The first-order chi connectivity index (χ1) is 16.0. The number of nitrogens with one attached hydrogen (secondary N) is 2. The Kier molecular flexibility index (Phi) is 7.69. The Morgan fingerprint density at radius 3 is 2.88 bits per heavy atom. The Bertz CT molecular complexity index is 1100. The first kappa shape index (κ1) is 23.3. The molecule has 3 aromatic rings. The van der Waals surface area contributed by atoms with E-state index in [9.17, 15) is 4.79 Å². The van der Waals surface area contributed by atoms with Crippen LogP contribution in [0.2, 0.25) is 0 Å². The predicted octanol–water partition coefficient (Wildman–Crippen LogP) is 3.38. The van der Waals surface area contributed by atoms with Gasteiger partial charge >= 0.3 is 0 Å². The van der Waals surface area contributed by atoms with E-state index >= 15 is 0 Å². The maximum absolute atomic E-state index is 12.8. The fraction of sp³-hybridized carbons (Fsp3) is 0.478. The van der Waals surface area contributed by atoms with Gasteiger partial charge in [0.05, 0.1) is 23.5 Å². The maximum Gasteiger partial charge on any atom is 0.261 e. The summed E-state index contributed by atoms with van der Waals surface area (Å²) >= 11 is 1.38. The first-order valence-corrected chi connectivity index (χ1v) is 12.0. The van der Waals surface area contributed by atoms with E-state index in [-0.39, 0.29) is 12.0 Å². The van der Waals surface area contributed by atoms with Crippen molar-refractivity contribution in [3.05, 3.63) is 35.1 Å². The number of aryl methyl sites for hydroxylation is 1. The van der Waals surface area contributed by atoms with Gasteiger partial charge in [-0.05, 0) is 51.7 Å². The number of amides is 1. The van der Waals surface area contributed by atoms with Crippen LogP contribution < -0.4 is 15.4 Å². The number of carbonyl (C=O) groups excluding carboxylic acids is 1. The molecule has 1 amide bonds. The van der Waals surface area contributed by atoms with Crippen LogP contribution in [-0.2, 0) is 4.74 Å². The minimum atomic E-state index is -0.0786. The van der Waals surface area contributed by atoms with Gasteiger partial charge in [-0.2, -0.15) is 0 Å². The Balaban J connectivity index is 1.54. The van der Waals surface area contributed by atoms with Crippen molar-refractivity contribution in [2.24, 2.45) is 0 Å². The van der Waals surface area contributed by atoms with E-state index in [4.69, 9.17) is 9.47 Å². The third-order valence-electron chi connectivity index (χ3n) is 5.47. The summed E-state index contributed by atoms with van der Waals surface area (Å²) in [4.78, 5) is 29.6. The van der Waals surface area contributed by atoms with Gasteiger partial charge in [-0.25, -0.2) is 15.0 Å². The van der Waals surface area contributed by atoms with Crippen molar-refractivity contribution in [3.8, 4) is 5.88 Å². The second-order valence-electron chi connectivity index (χ2n) is 8.28. The summed E-state index contributed by atoms with van der Waals surface area (Å²) in [7, 11) is 4.04. The molecule has 4 rings (SSSR count). The van der Waals surface area contributed by atoms with Crippen molar-refractivity contribution in [1.82, 2.24) is 25.2 Å². The van der Waals surface area contributed by atoms with Crippen LogP contribution in [-0.4, -0.2) is 72.3 Å². The van der Waals surface area contributed by atoms with Crippen LogP contribution >= 0.6 is 11.3 Å². The molecule has 0 aliphatic carbocycles. The second kappa shape index (κ2) is 10.9. The molecule has 0 aromatic carbocycles. The van der Waals surface area contributed by atoms with E-state index in [0.29, 0.717) is 36.3 Å². The molecule has 4 heterocycles. The van der Waals surface area contributed by atoms with Gasteiger partial charge < -0.3 is 25.0 Å². The van der Waals surface area contributed by atoms with Gasteiger partial charge in [0.15, 0.2) is 0 Å². The zero-order valence-corrected chi connectivity index (χ0v) is 20.1. The zero-order chi connectivity index (χ0) is 23.2. The topological polar surface area (TPSA) is 102 Å². The summed E-state index contributed by atoms with van der Waals surface area (Å²) in [6.07, 6.45) is 5.87. The highest BCUT2D eigenvalue weighted by molar-refractivity contribution is 7.20. The monoisotopic (exact) mass is 470 g/mol. The van der Waals surface area contributed by atoms with Crippen molar-refractivity contribution < 1.29 is 14.3 Å². The molecule has 0 bridgehead atoms. The highest BCUT2D eigenvalue weighted by Crippen LogP contribution is 2.36. The molecule has 0 radical (unpaired) electrons. The Hall–Kier alpha value is -2.82. The van der Waals surface area contributed by atoms with Crippen molar-refractivity contribution in [2.45, 2.75) is 32.3 Å². The summed E-state index contributed by atoms with van der Waals surface area (Å²) in [6.45, 7) is 4.88. The minimum absolute atomic E-state index is 0.0743. The summed E-state index contributed by atoms with van der Waals surface area (Å²) in [5, 5.41) is 7.21. The van der Waals surface area contributed by atoms with E-state index in [2.05, 4.69) is 30.5 Å². The smallest absolute Gasteiger partial charge is 0.261 e. The van der Waals surface area contributed by atoms with E-state index in [1.807, 2.05) is 33.2 Å². The van der Waals surface area contributed by atoms with Crippen molar-refractivity contribution in [3.63, 3.8) is 0 Å². The number of pyridine rings is 1. The summed E-state index contributed by atoms with van der Waals surface area (Å²) in [6, 6.07) is 3.76. The van der Waals surface area contributed by atoms with Crippen LogP contribution in [0.1, 0.15) is 34.5 Å². The van der Waals surface area contributed by atoms with Crippen LogP contribution in [0.15, 0.2) is 24.7 Å². The highest BCUT2D eigenvalue weighted by Gasteiger charge is 2.21. The van der Waals surface area contributed by atoms with Crippen LogP contribution in [0.3, 0.4) is 0 Å². The molecular weight excluding hydrogens is 440 g/mol. The molecule has 1 aliphatic heterocycles. The zero-order valence-electron chi connectivity index (χ0n) is 19.3. The molecule has 3 aromatic heterocycles. The minimum Gasteiger partial charge on any atom is -0.473 e. The summed E-state index contributed by atoms with van der Waals surface area (Å²) in [5.41, 5.74) is 1.59. The quantitative estimate of drug-likeness (QED) is 0.459. The Labute approximate surface area is 197 Å². The third kappa shape index (κ3) is 5.76. The number of rotatable bonds is 9. The largest absolute Gasteiger partial charge is 0.473 e. The third-order valence-corrected chi connectivity index (χ3v) is 6.67. The summed E-state index contributed by atoms with van der Waals surface area (Å²) in [5.74, 6) is 1.08. The van der Waals surface area contributed by atoms with Crippen molar-refractivity contribution in [1.29, 1.82) is 0 Å². The van der Waals surface area contributed by atoms with Gasteiger partial charge in [0.2, 0.25) is 5.88 Å². The van der Waals surface area contributed by atoms with E-state index < -0.39 is 0 Å². The molecule has 33 heavy (non-hydrogen) atoms. The Morgan fingerprint density at radius 2 is 2.09 bits per heavy atom. The van der Waals surface area contributed by atoms with Crippen molar-refractivity contribution >= 4 is 39.0 Å². The second-order valence-corrected chi connectivity index (χ2v) is 9.28. The lowest BCUT2D eigenvalue weighted by molar-refractivity contribution is 0.0240. The Morgan fingerprint density at radius 1 is 1.27 bits per heavy atom. The van der Waals surface area contributed by atoms with Crippen molar-refractivity contribution in [2.75, 3.05) is 45.7 Å². The predicted molar refractivity (Wildman–Crippen MR) is 130 cm³/mol. The van der Waals surface area contributed by atoms with Gasteiger partial charge in [0.1, 0.15) is 28.8 Å². The maximum atomic E-state index is 12.8. The lowest BCUT2D eigenvalue weighted by atomic mass is 10.1. The number of anilines is 2. The molecule has 1 aliphatic rings. The molecule has 0 spiro atoms. The molecule has 1 saturated heterocycles. The molecule has 176 valence electrons. The highest BCUT2D eigenvalue weighted by atomic mass is 32.1. The lowest BCUT2D eigenvalue weighted by Gasteiger charge is -2.23. The molecule has 0 unspecified atom stereocenters. The van der Waals surface area contributed by atoms with Crippen LogP contribution in [0.25, 0.3) is 10.2 Å². The average Bonchev–Trinajstić information content (AvgIpc) is 3.16. The van der Waals surface area contributed by atoms with Gasteiger partial charge in [0.25, 0.3) is 5.91 Å². The van der Waals surface area contributed by atoms with Gasteiger partial charge in [-0.1, -0.05) is 0 Å². The average molecular weight is 471 g/mol. The standard InChI is InChI=1S/C23H30N6O3S/c1-15-18-20(28-17-6-4-9-25-22(17)32-16-7-12-31-13-8-16)26-14-27-23(18)33-19(15)21(30)24-10-5-11-29(2)3/h4,6,9,14,16H,5,7-8,10-13H2,1-3H3,(H,24,30)(H,26,27,28). The number of aromatic nitrogens is 3. The van der Waals surface area contributed by atoms with Gasteiger partial charge in [0, 0.05) is 25.6 Å². The molecule has 10 heteroatoms. The molecule has 0 saturated carbocycles. The van der Waals surface area contributed by atoms with E-state index in [1.54, 1.807) is 6.20 Å². The first-order valence-electron chi connectivity index (χ1n) is 11.2.